The second-order valence-corrected chi connectivity index (χ2v) is 6.56. The Kier molecular flexibility index (Phi) is 3.77. The number of benzene rings is 1. The number of hydrogen-bond acceptors (Lipinski definition) is 3. The quantitative estimate of drug-likeness (QED) is 0.679. The largest absolute Gasteiger partial charge is 0.460 e. The third-order valence-electron chi connectivity index (χ3n) is 4.39. The molecule has 3 heterocycles. The van der Waals surface area contributed by atoms with Crippen LogP contribution >= 0.6 is 11.6 Å². The molecule has 0 bridgehead atoms. The van der Waals surface area contributed by atoms with Gasteiger partial charge in [0.2, 0.25) is 0 Å². The number of likely N-dealkylation sites (tertiary alicyclic amines) is 1. The molecule has 4 nitrogen and oxygen atoms in total. The van der Waals surface area contributed by atoms with Crippen molar-refractivity contribution in [2.45, 2.75) is 19.8 Å². The molecule has 1 aliphatic heterocycles. The molecular weight excluding hydrogens is 324 g/mol. The molecule has 122 valence electrons. The highest BCUT2D eigenvalue weighted by atomic mass is 35.5. The van der Waals surface area contributed by atoms with E-state index in [1.165, 1.54) is 0 Å². The minimum Gasteiger partial charge on any atom is -0.460 e. The van der Waals surface area contributed by atoms with E-state index in [2.05, 4.69) is 4.98 Å². The molecule has 0 N–H and O–H groups in total. The number of aromatic nitrogens is 1. The first-order valence-electron chi connectivity index (χ1n) is 8.08. The molecular formula is C19H17ClN2O2. The van der Waals surface area contributed by atoms with Gasteiger partial charge in [0, 0.05) is 23.5 Å². The van der Waals surface area contributed by atoms with Crippen LogP contribution in [0.2, 0.25) is 5.02 Å². The average Bonchev–Trinajstić information content (AvgIpc) is 3.25. The first-order chi connectivity index (χ1) is 11.6. The summed E-state index contributed by atoms with van der Waals surface area (Å²) in [5, 5.41) is 1.38. The molecule has 4 rings (SSSR count). The lowest BCUT2D eigenvalue weighted by atomic mass is 10.1. The number of halogens is 1. The highest BCUT2D eigenvalue weighted by Crippen LogP contribution is 2.29. The molecule has 0 unspecified atom stereocenters. The fraction of sp³-hybridized carbons (Fsp3) is 0.263. The number of carbonyl (C=O) groups excluding carboxylic acids is 1. The zero-order valence-electron chi connectivity index (χ0n) is 13.4. The van der Waals surface area contributed by atoms with Crippen LogP contribution in [0.1, 0.15) is 29.0 Å². The predicted octanol–water partition coefficient (Wildman–Crippen LogP) is 4.69. The Bertz CT molecular complexity index is 926. The summed E-state index contributed by atoms with van der Waals surface area (Å²) in [6.45, 7) is 3.50. The number of amides is 1. The van der Waals surface area contributed by atoms with Crippen LogP contribution in [-0.4, -0.2) is 28.9 Å². The summed E-state index contributed by atoms with van der Waals surface area (Å²) in [4.78, 5) is 19.5. The van der Waals surface area contributed by atoms with Crippen molar-refractivity contribution in [2.24, 2.45) is 0 Å². The van der Waals surface area contributed by atoms with Gasteiger partial charge in [-0.15, -0.1) is 0 Å². The van der Waals surface area contributed by atoms with Crippen LogP contribution in [0.25, 0.3) is 22.4 Å². The lowest BCUT2D eigenvalue weighted by Gasteiger charge is -2.17. The van der Waals surface area contributed by atoms with Gasteiger partial charge in [-0.2, -0.15) is 0 Å². The Morgan fingerprint density at radius 3 is 2.67 bits per heavy atom. The maximum absolute atomic E-state index is 13.0. The molecule has 0 aliphatic carbocycles. The Hall–Kier alpha value is -2.33. The molecule has 1 saturated heterocycles. The zero-order chi connectivity index (χ0) is 16.7. The molecule has 0 saturated carbocycles. The normalized spacial score (nSPS) is 14.5. The summed E-state index contributed by atoms with van der Waals surface area (Å²) in [6.07, 6.45) is 2.11. The molecule has 24 heavy (non-hydrogen) atoms. The molecule has 1 aliphatic rings. The van der Waals surface area contributed by atoms with Crippen LogP contribution in [-0.2, 0) is 0 Å². The molecule has 2 aromatic heterocycles. The highest BCUT2D eigenvalue weighted by molar-refractivity contribution is 6.31. The monoisotopic (exact) mass is 340 g/mol. The average molecular weight is 341 g/mol. The van der Waals surface area contributed by atoms with Crippen molar-refractivity contribution in [2.75, 3.05) is 13.1 Å². The summed E-state index contributed by atoms with van der Waals surface area (Å²) in [5.74, 6) is 1.52. The molecule has 0 atom stereocenters. The van der Waals surface area contributed by atoms with Crippen molar-refractivity contribution in [3.63, 3.8) is 0 Å². The number of rotatable bonds is 2. The van der Waals surface area contributed by atoms with Gasteiger partial charge in [-0.3, -0.25) is 4.79 Å². The van der Waals surface area contributed by atoms with Crippen LogP contribution in [0.4, 0.5) is 0 Å². The fourth-order valence-corrected chi connectivity index (χ4v) is 3.34. The van der Waals surface area contributed by atoms with Gasteiger partial charge in [-0.1, -0.05) is 11.6 Å². The Morgan fingerprint density at radius 1 is 1.17 bits per heavy atom. The lowest BCUT2D eigenvalue weighted by molar-refractivity contribution is 0.0794. The number of aryl methyl sites for hydroxylation is 1. The van der Waals surface area contributed by atoms with Gasteiger partial charge in [0.15, 0.2) is 5.76 Å². The number of furan rings is 1. The van der Waals surface area contributed by atoms with E-state index in [0.717, 1.165) is 42.6 Å². The fourth-order valence-electron chi connectivity index (χ4n) is 3.16. The topological polar surface area (TPSA) is 46.3 Å². The summed E-state index contributed by atoms with van der Waals surface area (Å²) in [6, 6.07) is 11.0. The summed E-state index contributed by atoms with van der Waals surface area (Å²) < 4.78 is 5.69. The summed E-state index contributed by atoms with van der Waals surface area (Å²) >= 11 is 6.14. The molecule has 0 spiro atoms. The van der Waals surface area contributed by atoms with Gasteiger partial charge in [0.25, 0.3) is 5.91 Å². The number of fused-ring (bicyclic) bond motifs is 1. The second-order valence-electron chi connectivity index (χ2n) is 6.13. The van der Waals surface area contributed by atoms with Gasteiger partial charge >= 0.3 is 0 Å². The maximum Gasteiger partial charge on any atom is 0.254 e. The van der Waals surface area contributed by atoms with Crippen LogP contribution in [0.3, 0.4) is 0 Å². The maximum atomic E-state index is 13.0. The number of carbonyl (C=O) groups is 1. The predicted molar refractivity (Wildman–Crippen MR) is 94.3 cm³/mol. The van der Waals surface area contributed by atoms with Gasteiger partial charge < -0.3 is 9.32 Å². The van der Waals surface area contributed by atoms with E-state index in [0.29, 0.717) is 22.0 Å². The van der Waals surface area contributed by atoms with Gasteiger partial charge in [0.1, 0.15) is 11.5 Å². The van der Waals surface area contributed by atoms with E-state index < -0.39 is 0 Å². The third-order valence-corrected chi connectivity index (χ3v) is 4.62. The molecule has 1 amide bonds. The highest BCUT2D eigenvalue weighted by Gasteiger charge is 2.23. The van der Waals surface area contributed by atoms with Crippen molar-refractivity contribution in [3.05, 3.63) is 52.7 Å². The van der Waals surface area contributed by atoms with E-state index >= 15 is 0 Å². The van der Waals surface area contributed by atoms with Gasteiger partial charge in [0.05, 0.1) is 11.1 Å². The van der Waals surface area contributed by atoms with Crippen molar-refractivity contribution in [3.8, 4) is 11.5 Å². The van der Waals surface area contributed by atoms with E-state index in [9.17, 15) is 4.79 Å². The van der Waals surface area contributed by atoms with E-state index in [1.807, 2.05) is 42.2 Å². The minimum atomic E-state index is 0.0340. The van der Waals surface area contributed by atoms with Crippen molar-refractivity contribution < 1.29 is 9.21 Å². The minimum absolute atomic E-state index is 0.0340. The van der Waals surface area contributed by atoms with Crippen LogP contribution in [0.5, 0.6) is 0 Å². The van der Waals surface area contributed by atoms with Gasteiger partial charge in [-0.25, -0.2) is 4.98 Å². The first-order valence-corrected chi connectivity index (χ1v) is 8.46. The van der Waals surface area contributed by atoms with Gasteiger partial charge in [-0.05, 0) is 56.2 Å². The van der Waals surface area contributed by atoms with Crippen molar-refractivity contribution >= 4 is 28.4 Å². The lowest BCUT2D eigenvalue weighted by Crippen LogP contribution is -2.27. The number of nitrogens with zero attached hydrogens (tertiary/aromatic N) is 2. The second kappa shape index (κ2) is 5.95. The Labute approximate surface area is 145 Å². The van der Waals surface area contributed by atoms with Crippen molar-refractivity contribution in [1.82, 2.24) is 9.88 Å². The van der Waals surface area contributed by atoms with Crippen LogP contribution < -0.4 is 0 Å². The molecule has 1 fully saturated rings. The van der Waals surface area contributed by atoms with Crippen molar-refractivity contribution in [1.29, 1.82) is 0 Å². The summed E-state index contributed by atoms with van der Waals surface area (Å²) in [7, 11) is 0. The summed E-state index contributed by atoms with van der Waals surface area (Å²) in [5.41, 5.74) is 2.04. The smallest absolute Gasteiger partial charge is 0.254 e. The Balaban J connectivity index is 1.91. The standard InChI is InChI=1S/C19H17ClN2O2/c1-12-4-7-18(24-12)17-11-15(19(23)22-8-2-3-9-22)14-10-13(20)5-6-16(14)21-17/h4-7,10-11H,2-3,8-9H2,1H3. The molecule has 5 heteroatoms. The van der Waals surface area contributed by atoms with Crippen LogP contribution in [0, 0.1) is 6.92 Å². The number of hydrogen-bond donors (Lipinski definition) is 0. The molecule has 1 aromatic carbocycles. The SMILES string of the molecule is Cc1ccc(-c2cc(C(=O)N3CCCC3)c3cc(Cl)ccc3n2)o1. The van der Waals surface area contributed by atoms with E-state index in [-0.39, 0.29) is 5.91 Å². The number of pyridine rings is 1. The van der Waals surface area contributed by atoms with E-state index in [1.54, 1.807) is 6.07 Å². The first kappa shape index (κ1) is 15.2. The molecule has 0 radical (unpaired) electrons. The zero-order valence-corrected chi connectivity index (χ0v) is 14.1. The molecule has 3 aromatic rings. The van der Waals surface area contributed by atoms with E-state index in [4.69, 9.17) is 16.0 Å². The Morgan fingerprint density at radius 2 is 1.96 bits per heavy atom. The van der Waals surface area contributed by atoms with Crippen LogP contribution in [0.15, 0.2) is 40.8 Å². The third kappa shape index (κ3) is 2.67.